The van der Waals surface area contributed by atoms with Crippen LogP contribution in [0, 0.1) is 39.0 Å². The van der Waals surface area contributed by atoms with Crippen LogP contribution in [0.25, 0.3) is 44.9 Å². The van der Waals surface area contributed by atoms with Crippen LogP contribution >= 0.6 is 61.2 Å². The molecule has 0 aromatic carbocycles. The number of nitrogens with one attached hydrogen (secondary N) is 2. The number of fused-ring (bicyclic) bond motifs is 8. The van der Waals surface area contributed by atoms with Crippen LogP contribution in [0.15, 0.2) is 0 Å². The van der Waals surface area contributed by atoms with Crippen molar-refractivity contribution in [1.82, 2.24) is 39.9 Å². The number of rotatable bonds is 0. The highest BCUT2D eigenvalue weighted by Crippen LogP contribution is 2.30. The molecule has 9 nitrogen and oxygen atoms in total. The molecule has 0 unspecified atom stereocenters. The fourth-order valence-electron chi connectivity index (χ4n) is 3.82. The monoisotopic (exact) mass is 1130 g/mol. The van der Waals surface area contributed by atoms with Gasteiger partial charge in [0, 0.05) is 65.9 Å². The molecule has 0 spiro atoms. The minimum absolute atomic E-state index is 0. The third-order valence-electron chi connectivity index (χ3n) is 6.94. The molecule has 5 rings (SSSR count). The van der Waals surface area contributed by atoms with Crippen LogP contribution in [-0.4, -0.2) is 39.9 Å². The molecule has 2 aliphatic heterocycles. The number of nitriles is 1. The minimum Gasteiger partial charge on any atom is -0.324 e. The predicted octanol–water partition coefficient (Wildman–Crippen LogP) is 17.7. The molecule has 8 bridgehead atoms. The van der Waals surface area contributed by atoms with Gasteiger partial charge >= 0.3 is 1.43 Å². The van der Waals surface area contributed by atoms with Gasteiger partial charge in [-0.25, -0.2) is 29.9 Å². The molecule has 0 atom stereocenters. The lowest BCUT2D eigenvalue weighted by Crippen LogP contribution is -1.91. The lowest BCUT2D eigenvalue weighted by molar-refractivity contribution is 1.05. The largest absolute Gasteiger partial charge is 1.00 e. The fourth-order valence-corrected chi connectivity index (χ4v) is 3.82. The van der Waals surface area contributed by atoms with Crippen molar-refractivity contribution in [1.29, 1.82) is 5.26 Å². The molecular weight excluding hydrogens is 1050 g/mol. The molecule has 0 fully saturated rings. The lowest BCUT2D eigenvalue weighted by atomic mass is 10.1. The van der Waals surface area contributed by atoms with Crippen molar-refractivity contribution >= 4 is 106 Å². The first-order valence-electron chi connectivity index (χ1n) is 21.1. The Morgan fingerprint density at radius 1 is 0.404 bits per heavy atom. The highest BCUT2D eigenvalue weighted by molar-refractivity contribution is 15.0. The van der Waals surface area contributed by atoms with Gasteiger partial charge in [-0.05, 0) is 77.6 Å². The van der Waals surface area contributed by atoms with Crippen molar-refractivity contribution in [3.05, 3.63) is 45.6 Å². The Morgan fingerprint density at radius 3 is 0.737 bits per heavy atom. The van der Waals surface area contributed by atoms with Crippen molar-refractivity contribution in [2.45, 2.75) is 193 Å². The third-order valence-corrected chi connectivity index (χ3v) is 6.94. The van der Waals surface area contributed by atoms with E-state index in [0.717, 1.165) is 67.1 Å². The Balaban J connectivity index is -0.000000113. The minimum atomic E-state index is 0. The van der Waals surface area contributed by atoms with E-state index in [1.165, 1.54) is 0 Å². The van der Waals surface area contributed by atoms with Crippen LogP contribution < -0.4 is 0 Å². The summed E-state index contributed by atoms with van der Waals surface area (Å²) in [5, 5.41) is 7.62. The summed E-state index contributed by atoms with van der Waals surface area (Å²) in [6.07, 6.45) is 0.625. The fraction of sp³-hybridized carbons (Fsp3) is 0.622. The predicted molar refractivity (Wildman–Crippen MR) is 290 cm³/mol. The summed E-state index contributed by atoms with van der Waals surface area (Å²) in [6, 6.07) is 1.93. The van der Waals surface area contributed by atoms with Gasteiger partial charge in [0.05, 0.1) is 6.07 Å². The molecule has 0 radical (unpaired) electrons. The van der Waals surface area contributed by atoms with E-state index in [1.807, 2.05) is 193 Å². The Kier molecular flexibility index (Phi) is 61.6. The first-order chi connectivity index (χ1) is 27.1. The molecule has 0 aliphatic carbocycles. The summed E-state index contributed by atoms with van der Waals surface area (Å²) in [4.78, 5) is 35.5. The van der Waals surface area contributed by atoms with E-state index in [1.54, 1.807) is 0 Å². The highest BCUT2D eigenvalue weighted by atomic mass is 128. The number of nitrogens with zero attached hydrogens (tertiary/aromatic N) is 7. The maximum Gasteiger partial charge on any atom is 1.00 e. The number of H-pyrrole nitrogens is 2. The summed E-state index contributed by atoms with van der Waals surface area (Å²) < 4.78 is 0. The standard InChI is InChI=1S/C24H26N8.C3H5N.9C2H6.I2.HI/c1-9-10(2)18-25-17(9)29-19-11(3)12(4)21(26-19)31-23-15(7)16(8)24(28-23)32-22-14(6)13(5)20(27-22)30-18;1-2-3-4;10*1-2;/h1-8H3,(H2,25,26,27,28,29,30,31,32);2H2,1H3;9*1-2H3;;1H/p+1. The molecule has 12 heteroatoms. The summed E-state index contributed by atoms with van der Waals surface area (Å²) >= 11 is 4.24. The van der Waals surface area contributed by atoms with Gasteiger partial charge in [-0.15, -0.1) is 24.0 Å². The van der Waals surface area contributed by atoms with Crippen LogP contribution in [0.1, 0.15) is 213 Å². The number of aromatic amines is 2. The molecule has 2 aliphatic rings. The molecule has 57 heavy (non-hydrogen) atoms. The first kappa shape index (κ1) is 72.6. The van der Waals surface area contributed by atoms with Crippen LogP contribution in [0.3, 0.4) is 0 Å². The van der Waals surface area contributed by atoms with E-state index in [0.29, 0.717) is 29.7 Å². The molecule has 0 saturated carbocycles. The zero-order chi connectivity index (χ0) is 46.3. The van der Waals surface area contributed by atoms with Gasteiger partial charge in [0.2, 0.25) is 0 Å². The van der Waals surface area contributed by atoms with Gasteiger partial charge in [0.15, 0.2) is 23.3 Å². The Bertz CT molecular complexity index is 1570. The van der Waals surface area contributed by atoms with Gasteiger partial charge < -0.3 is 9.97 Å². The first-order valence-corrected chi connectivity index (χ1v) is 27.4. The van der Waals surface area contributed by atoms with E-state index in [-0.39, 0.29) is 25.4 Å². The molecule has 5 heterocycles. The second-order valence-corrected chi connectivity index (χ2v) is 9.12. The van der Waals surface area contributed by atoms with Gasteiger partial charge in [0.25, 0.3) is 0 Å². The summed E-state index contributed by atoms with van der Waals surface area (Å²) in [7, 11) is 0. The van der Waals surface area contributed by atoms with Crippen molar-refractivity contribution < 1.29 is 1.43 Å². The normalized spacial score (nSPS) is 9.26. The van der Waals surface area contributed by atoms with Crippen molar-refractivity contribution in [3.8, 4) is 6.07 Å². The van der Waals surface area contributed by atoms with Gasteiger partial charge in [-0.1, -0.05) is 132 Å². The summed E-state index contributed by atoms with van der Waals surface area (Å²) in [6.45, 7) is 54.1. The Hall–Kier alpha value is -2.00. The molecule has 0 amide bonds. The average Bonchev–Trinajstić information content (AvgIpc) is 3.91. The smallest absolute Gasteiger partial charge is 0.324 e. The van der Waals surface area contributed by atoms with Gasteiger partial charge in [-0.2, -0.15) is 5.26 Å². The highest BCUT2D eigenvalue weighted by Gasteiger charge is 2.20. The number of hydrogen-bond donors (Lipinski definition) is 2. The maximum absolute atomic E-state index is 7.62. The number of allylic oxidation sites excluding steroid dienone is 4. The van der Waals surface area contributed by atoms with Crippen molar-refractivity contribution in [2.75, 3.05) is 0 Å². The average molecular weight is 1130 g/mol. The number of halogens is 3. The number of aromatic nitrogens is 8. The van der Waals surface area contributed by atoms with E-state index >= 15 is 0 Å². The van der Waals surface area contributed by atoms with Crippen LogP contribution in [-0.2, 0) is 0 Å². The second kappa shape index (κ2) is 48.4. The zero-order valence-corrected chi connectivity index (χ0v) is 48.1. The zero-order valence-electron chi connectivity index (χ0n) is 42.5. The van der Waals surface area contributed by atoms with Crippen LogP contribution in [0.4, 0.5) is 0 Å². The number of aryl methyl sites for hydroxylation is 4. The molecular formula is C45H87I3N9+. The topological polar surface area (TPSA) is 133 Å². The molecule has 2 N–H and O–H groups in total. The van der Waals surface area contributed by atoms with E-state index in [2.05, 4.69) is 47.2 Å². The van der Waals surface area contributed by atoms with Crippen molar-refractivity contribution in [3.63, 3.8) is 0 Å². The lowest BCUT2D eigenvalue weighted by Gasteiger charge is -1.95. The quantitative estimate of drug-likeness (QED) is 0.214. The molecule has 3 aromatic rings. The summed E-state index contributed by atoms with van der Waals surface area (Å²) in [5.41, 5.74) is 11.3. The Morgan fingerprint density at radius 2 is 0.561 bits per heavy atom. The van der Waals surface area contributed by atoms with E-state index in [9.17, 15) is 0 Å². The van der Waals surface area contributed by atoms with Crippen LogP contribution in [0.2, 0.25) is 0 Å². The maximum atomic E-state index is 7.62. The third kappa shape index (κ3) is 23.4. The van der Waals surface area contributed by atoms with E-state index in [4.69, 9.17) is 35.2 Å². The second-order valence-electron chi connectivity index (χ2n) is 9.12. The van der Waals surface area contributed by atoms with E-state index < -0.39 is 0 Å². The van der Waals surface area contributed by atoms with Crippen molar-refractivity contribution in [2.24, 2.45) is 0 Å². The molecule has 332 valence electrons. The van der Waals surface area contributed by atoms with Gasteiger partial charge in [-0.3, -0.25) is 0 Å². The molecule has 3 aromatic heterocycles. The van der Waals surface area contributed by atoms with Gasteiger partial charge in [0.1, 0.15) is 22.6 Å². The number of hydrogen-bond acceptors (Lipinski definition) is 7. The van der Waals surface area contributed by atoms with Crippen LogP contribution in [0.5, 0.6) is 0 Å². The molecule has 0 saturated heterocycles. The summed E-state index contributed by atoms with van der Waals surface area (Å²) in [5.74, 6) is 2.59. The SMILES string of the molecule is CC.CC.CC.CC.CC.CC.CC.CC.CC.CC1=C(C)c2nc1nc1nc(nc3[nH]c(nc4[nH]c(n2)c(C)c4C)c(C)c3C)C(C)=C1C.CCC#N.I.II.[H+]. The Labute approximate surface area is 394 Å².